The number of ether oxygens (including phenoxy) is 1. The highest BCUT2D eigenvalue weighted by Crippen LogP contribution is 2.61. The van der Waals surface area contributed by atoms with Gasteiger partial charge in [-0.15, -0.1) is 11.8 Å². The van der Waals surface area contributed by atoms with Gasteiger partial charge in [-0.05, 0) is 11.1 Å². The third-order valence-corrected chi connectivity index (χ3v) is 13.4. The van der Waals surface area contributed by atoms with Crippen molar-refractivity contribution >= 4 is 64.0 Å². The van der Waals surface area contributed by atoms with Gasteiger partial charge >= 0.3 is 23.5 Å². The van der Waals surface area contributed by atoms with Gasteiger partial charge in [0.05, 0.1) is 24.8 Å². The topological polar surface area (TPSA) is 347 Å². The Morgan fingerprint density at radius 2 is 1.56 bits per heavy atom. The minimum absolute atomic E-state index is 0.0360. The molecular formula is C34H46N7O16P3S. The quantitative estimate of drug-likeness (QED) is 0.0401. The number of carbonyl (C=O) groups is 2. The molecule has 5 rings (SSSR count). The molecule has 61 heavy (non-hydrogen) atoms. The van der Waals surface area contributed by atoms with Crippen LogP contribution in [0.5, 0.6) is 0 Å². The molecule has 2 aromatic carbocycles. The molecule has 4 aromatic rings. The summed E-state index contributed by atoms with van der Waals surface area (Å²) in [6, 6.07) is 19.9. The Labute approximate surface area is 352 Å². The smallest absolute Gasteiger partial charge is 0.386 e. The fourth-order valence-corrected chi connectivity index (χ4v) is 9.93. The molecule has 1 aliphatic heterocycles. The van der Waals surface area contributed by atoms with Gasteiger partial charge in [0.1, 0.15) is 36.3 Å². The fourth-order valence-electron chi connectivity index (χ4n) is 5.95. The van der Waals surface area contributed by atoms with E-state index in [9.17, 15) is 53.1 Å². The van der Waals surface area contributed by atoms with E-state index in [0.29, 0.717) is 12.3 Å². The van der Waals surface area contributed by atoms with Crippen LogP contribution < -0.4 is 16.4 Å². The Bertz CT molecular complexity index is 2220. The molecule has 1 saturated heterocycles. The number of anilines is 1. The predicted molar refractivity (Wildman–Crippen MR) is 217 cm³/mol. The van der Waals surface area contributed by atoms with E-state index in [1.165, 1.54) is 13.8 Å². The van der Waals surface area contributed by atoms with Crippen molar-refractivity contribution in [1.82, 2.24) is 30.2 Å². The zero-order valence-corrected chi connectivity index (χ0v) is 36.0. The van der Waals surface area contributed by atoms with Crippen LogP contribution in [-0.4, -0.2) is 118 Å². The van der Waals surface area contributed by atoms with E-state index in [0.717, 1.165) is 28.3 Å². The number of rotatable bonds is 22. The maximum Gasteiger partial charge on any atom is 0.481 e. The van der Waals surface area contributed by atoms with E-state index >= 15 is 0 Å². The lowest BCUT2D eigenvalue weighted by molar-refractivity contribution is -0.137. The highest BCUT2D eigenvalue weighted by molar-refractivity contribution is 7.99. The number of phosphoric ester groups is 3. The van der Waals surface area contributed by atoms with Crippen molar-refractivity contribution in [2.45, 2.75) is 56.2 Å². The van der Waals surface area contributed by atoms with Gasteiger partial charge < -0.3 is 50.9 Å². The van der Waals surface area contributed by atoms with E-state index < -0.39 is 78.6 Å². The second kappa shape index (κ2) is 20.7. The minimum atomic E-state index is -5.57. The fraction of sp³-hybridized carbons (Fsp3) is 0.441. The van der Waals surface area contributed by atoms with Gasteiger partial charge in [0.25, 0.3) is 0 Å². The summed E-state index contributed by atoms with van der Waals surface area (Å²) in [6.07, 6.45) is -6.81. The molecule has 10 N–H and O–H groups in total. The van der Waals surface area contributed by atoms with Crippen molar-refractivity contribution < 1.29 is 75.7 Å². The maximum absolute atomic E-state index is 12.7. The van der Waals surface area contributed by atoms with Gasteiger partial charge in [-0.3, -0.25) is 27.7 Å². The van der Waals surface area contributed by atoms with Crippen LogP contribution in [0.15, 0.2) is 73.3 Å². The van der Waals surface area contributed by atoms with Crippen LogP contribution in [0.1, 0.15) is 42.9 Å². The molecule has 0 radical (unpaired) electrons. The highest BCUT2D eigenvalue weighted by Gasteiger charge is 2.50. The number of thioether (sulfide) groups is 1. The number of nitrogens with one attached hydrogen (secondary N) is 2. The Morgan fingerprint density at radius 1 is 0.934 bits per heavy atom. The minimum Gasteiger partial charge on any atom is -0.386 e. The molecule has 334 valence electrons. The number of phosphoric acid groups is 3. The highest BCUT2D eigenvalue weighted by atomic mass is 32.2. The standard InChI is InChI=1S/C34H46N7O16P3S/c1-34(2,29(44)32(45)37-14-13-24(42)36-15-16-61-28(21-9-5-3-6-10-21)22-11-7-4-8-12-22)18-54-60(51,52)57-59(49,50)53-17-23-27(56-58(46,47)48)26(43)33(55-23)41-20-40-25-30(35)38-19-39-31(25)41/h3-12,19-20,23,26-29,33,43-44H,13-18H2,1-2H3,(H,36,42)(H,37,45)(H,49,50)(H,51,52)(H2,35,38,39)(H2,46,47,48)/t23-,26-,27-,29+,33-/m1/s1. The van der Waals surface area contributed by atoms with Crippen LogP contribution >= 0.6 is 35.2 Å². The van der Waals surface area contributed by atoms with Crippen LogP contribution in [0.4, 0.5) is 5.82 Å². The SMILES string of the molecule is CC(C)(COP(=O)(O)OP(=O)(O)OC[C@H]1O[C@@H](n2cnc3c(N)ncnc32)[C@H](O)[C@@H]1OP(=O)(O)O)[C@@H](O)C(=O)NCCC(=O)NCCSC(c1ccccc1)c1ccccc1. The first-order valence-electron chi connectivity index (χ1n) is 18.3. The van der Waals surface area contributed by atoms with Crippen LogP contribution in [0.3, 0.4) is 0 Å². The normalized spacial score (nSPS) is 20.9. The Balaban J connectivity index is 1.06. The van der Waals surface area contributed by atoms with E-state index in [4.69, 9.17) is 19.5 Å². The van der Waals surface area contributed by atoms with E-state index in [2.05, 4.69) is 34.4 Å². The molecule has 1 aliphatic rings. The van der Waals surface area contributed by atoms with Crippen molar-refractivity contribution in [3.8, 4) is 0 Å². The van der Waals surface area contributed by atoms with Crippen molar-refractivity contribution in [3.05, 3.63) is 84.4 Å². The third kappa shape index (κ3) is 13.7. The van der Waals surface area contributed by atoms with Gasteiger partial charge in [0, 0.05) is 30.7 Å². The number of aliphatic hydroxyl groups excluding tert-OH is 2. The lowest BCUT2D eigenvalue weighted by Crippen LogP contribution is -2.46. The number of benzene rings is 2. The van der Waals surface area contributed by atoms with Gasteiger partial charge in [-0.25, -0.2) is 28.6 Å². The van der Waals surface area contributed by atoms with Crippen LogP contribution in [0.25, 0.3) is 11.2 Å². The molecular weight excluding hydrogens is 887 g/mol. The van der Waals surface area contributed by atoms with Crippen molar-refractivity contribution in [2.75, 3.05) is 37.8 Å². The predicted octanol–water partition coefficient (Wildman–Crippen LogP) is 1.93. The van der Waals surface area contributed by atoms with Gasteiger partial charge in [-0.1, -0.05) is 74.5 Å². The first-order chi connectivity index (χ1) is 28.7. The number of imidazole rings is 1. The van der Waals surface area contributed by atoms with Gasteiger partial charge in [0.2, 0.25) is 11.8 Å². The summed E-state index contributed by atoms with van der Waals surface area (Å²) in [7, 11) is -16.4. The summed E-state index contributed by atoms with van der Waals surface area (Å²) in [5.41, 5.74) is 6.55. The van der Waals surface area contributed by atoms with Crippen molar-refractivity contribution in [1.29, 1.82) is 0 Å². The zero-order chi connectivity index (χ0) is 44.6. The summed E-state index contributed by atoms with van der Waals surface area (Å²) in [4.78, 5) is 76.4. The average molecular weight is 934 g/mol. The largest absolute Gasteiger partial charge is 0.481 e. The van der Waals surface area contributed by atoms with Gasteiger partial charge in [-0.2, -0.15) is 4.31 Å². The summed E-state index contributed by atoms with van der Waals surface area (Å²) < 4.78 is 62.5. The third-order valence-electron chi connectivity index (χ3n) is 8.99. The number of amides is 2. The second-order valence-electron chi connectivity index (χ2n) is 14.1. The number of hydrogen-bond acceptors (Lipinski definition) is 17. The molecule has 23 nitrogen and oxygen atoms in total. The summed E-state index contributed by atoms with van der Waals surface area (Å²) in [5, 5.41) is 26.9. The lowest BCUT2D eigenvalue weighted by atomic mass is 9.87. The number of aliphatic hydroxyl groups is 2. The molecule has 27 heteroatoms. The maximum atomic E-state index is 12.7. The number of aromatic nitrogens is 4. The average Bonchev–Trinajstić information content (AvgIpc) is 3.76. The number of nitrogens with zero attached hydrogens (tertiary/aromatic N) is 4. The number of carbonyl (C=O) groups excluding carboxylic acids is 2. The van der Waals surface area contributed by atoms with Crippen molar-refractivity contribution in [2.24, 2.45) is 5.41 Å². The summed E-state index contributed by atoms with van der Waals surface area (Å²) >= 11 is 1.66. The lowest BCUT2D eigenvalue weighted by Gasteiger charge is -2.30. The van der Waals surface area contributed by atoms with Crippen LogP contribution in [0.2, 0.25) is 0 Å². The Kier molecular flexibility index (Phi) is 16.4. The van der Waals surface area contributed by atoms with E-state index in [-0.39, 0.29) is 41.1 Å². The molecule has 3 heterocycles. The first-order valence-corrected chi connectivity index (χ1v) is 23.8. The number of hydrogen-bond donors (Lipinski definition) is 9. The molecule has 0 saturated carbocycles. The summed E-state index contributed by atoms with van der Waals surface area (Å²) in [5.74, 6) is -0.735. The second-order valence-corrected chi connectivity index (χ2v) is 19.6. The number of fused-ring (bicyclic) bond motifs is 1. The Hall–Kier alpha value is -3.67. The number of nitrogen functional groups attached to an aromatic ring is 1. The monoisotopic (exact) mass is 933 g/mol. The molecule has 2 aromatic heterocycles. The molecule has 7 atom stereocenters. The summed E-state index contributed by atoms with van der Waals surface area (Å²) in [6.45, 7) is 0.762. The van der Waals surface area contributed by atoms with Crippen LogP contribution in [-0.2, 0) is 45.9 Å². The molecule has 0 spiro atoms. The first kappa shape index (κ1) is 48.4. The molecule has 2 unspecified atom stereocenters. The van der Waals surface area contributed by atoms with E-state index in [1.54, 1.807) is 11.8 Å². The zero-order valence-electron chi connectivity index (χ0n) is 32.5. The molecule has 2 amide bonds. The van der Waals surface area contributed by atoms with E-state index in [1.807, 2.05) is 60.7 Å². The molecule has 0 aliphatic carbocycles. The Morgan fingerprint density at radius 3 is 2.18 bits per heavy atom. The van der Waals surface area contributed by atoms with Crippen LogP contribution in [0, 0.1) is 5.41 Å². The molecule has 1 fully saturated rings. The number of nitrogens with two attached hydrogens (primary N) is 1. The van der Waals surface area contributed by atoms with Crippen molar-refractivity contribution in [3.63, 3.8) is 0 Å². The van der Waals surface area contributed by atoms with Gasteiger partial charge in [0.15, 0.2) is 17.7 Å². The molecule has 0 bridgehead atoms.